The first kappa shape index (κ1) is 15.8. The van der Waals surface area contributed by atoms with E-state index in [1.54, 1.807) is 0 Å². The molecule has 2 rings (SSSR count). The minimum Gasteiger partial charge on any atom is -0.392 e. The molecule has 116 valence electrons. The number of aliphatic hydroxyl groups excluding tert-OH is 1. The zero-order valence-electron chi connectivity index (χ0n) is 13.2. The molecule has 2 aliphatic rings. The van der Waals surface area contributed by atoms with Gasteiger partial charge >= 0.3 is 0 Å². The van der Waals surface area contributed by atoms with E-state index in [9.17, 15) is 9.90 Å². The summed E-state index contributed by atoms with van der Waals surface area (Å²) in [6, 6.07) is 0.330. The van der Waals surface area contributed by atoms with Crippen molar-refractivity contribution >= 4 is 5.91 Å². The van der Waals surface area contributed by atoms with Crippen LogP contribution < -0.4 is 0 Å². The number of carbonyl (C=O) groups excluding carboxylic acids is 1. The molecule has 0 saturated carbocycles. The lowest BCUT2D eigenvalue weighted by atomic mass is 9.94. The van der Waals surface area contributed by atoms with Gasteiger partial charge in [-0.1, -0.05) is 13.8 Å². The summed E-state index contributed by atoms with van der Waals surface area (Å²) in [7, 11) is 0. The largest absolute Gasteiger partial charge is 0.392 e. The highest BCUT2D eigenvalue weighted by atomic mass is 16.3. The molecule has 1 N–H and O–H groups in total. The first-order valence-corrected chi connectivity index (χ1v) is 8.27. The van der Waals surface area contributed by atoms with Crippen molar-refractivity contribution in [2.24, 2.45) is 5.92 Å². The molecule has 0 spiro atoms. The van der Waals surface area contributed by atoms with Crippen LogP contribution in [0.25, 0.3) is 0 Å². The summed E-state index contributed by atoms with van der Waals surface area (Å²) in [5.41, 5.74) is 0. The fourth-order valence-electron chi connectivity index (χ4n) is 3.54. The van der Waals surface area contributed by atoms with Gasteiger partial charge < -0.3 is 10.0 Å². The van der Waals surface area contributed by atoms with Crippen LogP contribution in [-0.4, -0.2) is 58.6 Å². The molecule has 1 amide bonds. The van der Waals surface area contributed by atoms with Crippen LogP contribution in [0.2, 0.25) is 0 Å². The summed E-state index contributed by atoms with van der Waals surface area (Å²) >= 11 is 0. The zero-order valence-corrected chi connectivity index (χ0v) is 13.2. The van der Waals surface area contributed by atoms with Crippen molar-refractivity contribution in [3.63, 3.8) is 0 Å². The number of rotatable bonds is 3. The van der Waals surface area contributed by atoms with Crippen LogP contribution in [0.4, 0.5) is 0 Å². The SMILES string of the molecule is CCC1CCCCN1C(=O)C(C)N1CCC(C)C(O)C1. The van der Waals surface area contributed by atoms with Crippen molar-refractivity contribution in [2.75, 3.05) is 19.6 Å². The Kier molecular flexibility index (Phi) is 5.44. The predicted octanol–water partition coefficient (Wildman–Crippen LogP) is 1.87. The second-order valence-electron chi connectivity index (χ2n) is 6.59. The van der Waals surface area contributed by atoms with Crippen LogP contribution in [0.1, 0.15) is 52.9 Å². The average molecular weight is 282 g/mol. The van der Waals surface area contributed by atoms with Gasteiger partial charge in [-0.15, -0.1) is 0 Å². The molecular weight excluding hydrogens is 252 g/mol. The molecule has 0 aliphatic carbocycles. The Hall–Kier alpha value is -0.610. The maximum Gasteiger partial charge on any atom is 0.239 e. The predicted molar refractivity (Wildman–Crippen MR) is 80.5 cm³/mol. The van der Waals surface area contributed by atoms with Gasteiger partial charge in [-0.05, 0) is 51.5 Å². The minimum absolute atomic E-state index is 0.0932. The second kappa shape index (κ2) is 6.90. The maximum absolute atomic E-state index is 12.8. The van der Waals surface area contributed by atoms with Gasteiger partial charge in [0.1, 0.15) is 0 Å². The lowest BCUT2D eigenvalue weighted by Crippen LogP contribution is -2.55. The van der Waals surface area contributed by atoms with Crippen LogP contribution in [0.3, 0.4) is 0 Å². The van der Waals surface area contributed by atoms with Crippen LogP contribution in [-0.2, 0) is 4.79 Å². The van der Waals surface area contributed by atoms with E-state index in [1.165, 1.54) is 6.42 Å². The van der Waals surface area contributed by atoms with Gasteiger partial charge in [0.15, 0.2) is 0 Å². The van der Waals surface area contributed by atoms with Gasteiger partial charge in [-0.3, -0.25) is 9.69 Å². The highest BCUT2D eigenvalue weighted by Gasteiger charge is 2.34. The minimum atomic E-state index is -0.290. The Morgan fingerprint density at radius 3 is 2.70 bits per heavy atom. The van der Waals surface area contributed by atoms with Crippen LogP contribution >= 0.6 is 0 Å². The molecule has 2 saturated heterocycles. The molecule has 2 fully saturated rings. The van der Waals surface area contributed by atoms with Crippen molar-refractivity contribution in [1.82, 2.24) is 9.80 Å². The highest BCUT2D eigenvalue weighted by molar-refractivity contribution is 5.82. The third-order valence-electron chi connectivity index (χ3n) is 5.24. The average Bonchev–Trinajstić information content (AvgIpc) is 2.48. The quantitative estimate of drug-likeness (QED) is 0.859. The summed E-state index contributed by atoms with van der Waals surface area (Å²) in [6.07, 6.45) is 5.27. The molecule has 0 aromatic heterocycles. The summed E-state index contributed by atoms with van der Waals surface area (Å²) in [4.78, 5) is 17.0. The Bertz CT molecular complexity index is 334. The summed E-state index contributed by atoms with van der Waals surface area (Å²) < 4.78 is 0. The molecule has 0 radical (unpaired) electrons. The van der Waals surface area contributed by atoms with Crippen LogP contribution in [0, 0.1) is 5.92 Å². The number of piperidine rings is 2. The van der Waals surface area contributed by atoms with Gasteiger partial charge in [0.25, 0.3) is 0 Å². The number of hydrogen-bond acceptors (Lipinski definition) is 3. The first-order valence-electron chi connectivity index (χ1n) is 8.27. The first-order chi connectivity index (χ1) is 9.54. The molecule has 4 nitrogen and oxygen atoms in total. The number of nitrogens with zero attached hydrogens (tertiary/aromatic N) is 2. The third kappa shape index (κ3) is 3.34. The monoisotopic (exact) mass is 282 g/mol. The van der Waals surface area contributed by atoms with Gasteiger partial charge in [0.2, 0.25) is 5.91 Å². The molecule has 0 aromatic rings. The van der Waals surface area contributed by atoms with Gasteiger partial charge in [0.05, 0.1) is 12.1 Å². The molecular formula is C16H30N2O2. The fraction of sp³-hybridized carbons (Fsp3) is 0.938. The van der Waals surface area contributed by atoms with Crippen LogP contribution in [0.5, 0.6) is 0 Å². The Morgan fingerprint density at radius 2 is 2.05 bits per heavy atom. The smallest absolute Gasteiger partial charge is 0.239 e. The molecule has 2 aliphatic heterocycles. The molecule has 0 bridgehead atoms. The van der Waals surface area contributed by atoms with E-state index in [4.69, 9.17) is 0 Å². The summed E-state index contributed by atoms with van der Waals surface area (Å²) in [5, 5.41) is 10.0. The van der Waals surface area contributed by atoms with E-state index in [2.05, 4.69) is 23.6 Å². The fourth-order valence-corrected chi connectivity index (χ4v) is 3.54. The zero-order chi connectivity index (χ0) is 14.7. The van der Waals surface area contributed by atoms with E-state index in [-0.39, 0.29) is 18.1 Å². The van der Waals surface area contributed by atoms with Crippen LogP contribution in [0.15, 0.2) is 0 Å². The van der Waals surface area contributed by atoms with Crippen molar-refractivity contribution < 1.29 is 9.90 Å². The molecule has 4 unspecified atom stereocenters. The number of β-amino-alcohol motifs (C(OH)–C–C–N with tert-alkyl or cyclic N) is 1. The van der Waals surface area contributed by atoms with E-state index in [0.29, 0.717) is 18.5 Å². The standard InChI is InChI=1S/C16H30N2O2/c1-4-14-7-5-6-9-18(14)16(20)13(3)17-10-8-12(2)15(19)11-17/h12-15,19H,4-11H2,1-3H3. The van der Waals surface area contributed by atoms with Gasteiger partial charge in [0, 0.05) is 19.1 Å². The molecule has 4 heteroatoms. The Labute approximate surface area is 123 Å². The van der Waals surface area contributed by atoms with E-state index < -0.39 is 0 Å². The molecule has 0 aromatic carbocycles. The number of likely N-dealkylation sites (tertiary alicyclic amines) is 2. The number of carbonyl (C=O) groups is 1. The normalized spacial score (nSPS) is 34.0. The van der Waals surface area contributed by atoms with Crippen molar-refractivity contribution in [3.05, 3.63) is 0 Å². The van der Waals surface area contributed by atoms with E-state index >= 15 is 0 Å². The summed E-state index contributed by atoms with van der Waals surface area (Å²) in [5.74, 6) is 0.616. The van der Waals surface area contributed by atoms with Gasteiger partial charge in [-0.25, -0.2) is 0 Å². The Morgan fingerprint density at radius 1 is 1.30 bits per heavy atom. The number of hydrogen-bond donors (Lipinski definition) is 1. The van der Waals surface area contributed by atoms with Crippen molar-refractivity contribution in [2.45, 2.75) is 71.1 Å². The van der Waals surface area contributed by atoms with E-state index in [1.807, 2.05) is 6.92 Å². The molecule has 4 atom stereocenters. The highest BCUT2D eigenvalue weighted by Crippen LogP contribution is 2.23. The van der Waals surface area contributed by atoms with Crippen molar-refractivity contribution in [3.8, 4) is 0 Å². The maximum atomic E-state index is 12.8. The topological polar surface area (TPSA) is 43.8 Å². The summed E-state index contributed by atoms with van der Waals surface area (Å²) in [6.45, 7) is 8.74. The second-order valence-corrected chi connectivity index (χ2v) is 6.59. The third-order valence-corrected chi connectivity index (χ3v) is 5.24. The Balaban J connectivity index is 1.97. The van der Waals surface area contributed by atoms with Crippen molar-refractivity contribution in [1.29, 1.82) is 0 Å². The lowest BCUT2D eigenvalue weighted by molar-refractivity contribution is -0.141. The van der Waals surface area contributed by atoms with E-state index in [0.717, 1.165) is 38.8 Å². The lowest BCUT2D eigenvalue weighted by Gasteiger charge is -2.42. The number of aliphatic hydroxyl groups is 1. The van der Waals surface area contributed by atoms with Gasteiger partial charge in [-0.2, -0.15) is 0 Å². The number of amides is 1. The molecule has 2 heterocycles. The molecule has 20 heavy (non-hydrogen) atoms.